The molecule has 0 bridgehead atoms. The third-order valence-corrected chi connectivity index (χ3v) is 6.80. The number of pyridine rings is 1. The Balaban J connectivity index is 1.54. The zero-order valence-electron chi connectivity index (χ0n) is 19.5. The molecule has 1 aromatic heterocycles. The Kier molecular flexibility index (Phi) is 6.44. The van der Waals surface area contributed by atoms with E-state index in [1.807, 2.05) is 27.7 Å². The molecule has 2 aliphatic rings. The quantitative estimate of drug-likeness (QED) is 0.510. The highest BCUT2D eigenvalue weighted by Crippen LogP contribution is 2.39. The maximum Gasteiger partial charge on any atom is 0.511 e. The monoisotopic (exact) mass is 481 g/mol. The van der Waals surface area contributed by atoms with Gasteiger partial charge in [-0.25, -0.2) is 9.18 Å². The molecule has 8 nitrogen and oxygen atoms in total. The molecule has 1 saturated heterocycles. The topological polar surface area (TPSA) is 84.2 Å². The van der Waals surface area contributed by atoms with Crippen molar-refractivity contribution in [2.24, 2.45) is 0 Å². The molecule has 1 aliphatic carbocycles. The summed E-state index contributed by atoms with van der Waals surface area (Å²) >= 11 is 0. The summed E-state index contributed by atoms with van der Waals surface area (Å²) in [6.07, 6.45) is 1.68. The minimum absolute atomic E-state index is 0.0622. The first-order valence-corrected chi connectivity index (χ1v) is 11.8. The molecule has 35 heavy (non-hydrogen) atoms. The molecule has 1 unspecified atom stereocenters. The Morgan fingerprint density at radius 1 is 1.17 bits per heavy atom. The van der Waals surface area contributed by atoms with Crippen LogP contribution >= 0.6 is 0 Å². The lowest BCUT2D eigenvalue weighted by Crippen LogP contribution is -2.49. The number of ether oxygens (including phenoxy) is 2. The van der Waals surface area contributed by atoms with Crippen molar-refractivity contribution in [2.45, 2.75) is 24.9 Å². The molecule has 0 radical (unpaired) electrons. The van der Waals surface area contributed by atoms with Crippen LogP contribution in [0.1, 0.15) is 30.5 Å². The summed E-state index contributed by atoms with van der Waals surface area (Å²) < 4.78 is 27.3. The van der Waals surface area contributed by atoms with Crippen molar-refractivity contribution in [2.75, 3.05) is 44.8 Å². The Morgan fingerprint density at radius 3 is 2.63 bits per heavy atom. The summed E-state index contributed by atoms with van der Waals surface area (Å²) in [4.78, 5) is 28.3. The zero-order valence-corrected chi connectivity index (χ0v) is 19.5. The van der Waals surface area contributed by atoms with Crippen LogP contribution in [0.25, 0.3) is 10.9 Å². The Labute approximate surface area is 202 Å². The molecule has 9 heteroatoms. The maximum atomic E-state index is 15.5. The standard InChI is InChI=1S/C26H28FN3O5/c1-34-12-11-28-9-10-29(15-23(28)17-5-3-2-4-6-17)22-14-21-19(13-20(22)27)25(31)24(35-26(32)33)16-30(21)18-7-8-18/h2-6,13-14,16,18,23H,7-12,15H2,1H3,(H,32,33). The van der Waals surface area contributed by atoms with Gasteiger partial charge in [-0.1, -0.05) is 30.3 Å². The molecule has 2 fully saturated rings. The highest BCUT2D eigenvalue weighted by atomic mass is 19.1. The highest BCUT2D eigenvalue weighted by molar-refractivity contribution is 5.85. The van der Waals surface area contributed by atoms with Crippen LogP contribution in [0.5, 0.6) is 5.75 Å². The number of benzene rings is 2. The van der Waals surface area contributed by atoms with E-state index in [1.165, 1.54) is 12.3 Å². The number of carbonyl (C=O) groups is 1. The number of hydrogen-bond donors (Lipinski definition) is 1. The number of rotatable bonds is 7. The molecule has 0 spiro atoms. The SMILES string of the molecule is COCCN1CCN(c2cc3c(cc2F)c(=O)c(OC(=O)O)cn3C2CC2)CC1c1ccccc1. The molecule has 0 amide bonds. The summed E-state index contributed by atoms with van der Waals surface area (Å²) in [6.45, 7) is 3.34. The Morgan fingerprint density at radius 2 is 1.94 bits per heavy atom. The molecule has 5 rings (SSSR count). The van der Waals surface area contributed by atoms with Crippen molar-refractivity contribution in [3.8, 4) is 5.75 Å². The Bertz CT molecular complexity index is 1290. The average Bonchev–Trinajstić information content (AvgIpc) is 3.70. The van der Waals surface area contributed by atoms with Gasteiger partial charge in [-0.05, 0) is 30.5 Å². The third-order valence-electron chi connectivity index (χ3n) is 6.80. The summed E-state index contributed by atoms with van der Waals surface area (Å²) in [7, 11) is 1.69. The molecule has 1 atom stereocenters. The lowest BCUT2D eigenvalue weighted by molar-refractivity contribution is 0.111. The molecule has 1 N–H and O–H groups in total. The van der Waals surface area contributed by atoms with Crippen LogP contribution in [0.15, 0.2) is 53.5 Å². The van der Waals surface area contributed by atoms with E-state index in [4.69, 9.17) is 14.6 Å². The van der Waals surface area contributed by atoms with Crippen molar-refractivity contribution < 1.29 is 23.8 Å². The van der Waals surface area contributed by atoms with E-state index in [9.17, 15) is 9.59 Å². The van der Waals surface area contributed by atoms with Gasteiger partial charge in [0, 0.05) is 39.3 Å². The third kappa shape index (κ3) is 4.74. The number of fused-ring (bicyclic) bond motifs is 1. The Hall–Kier alpha value is -3.43. The van der Waals surface area contributed by atoms with E-state index >= 15 is 4.39 Å². The van der Waals surface area contributed by atoms with Crippen LogP contribution in [-0.2, 0) is 4.74 Å². The fourth-order valence-corrected chi connectivity index (χ4v) is 4.90. The molecule has 1 saturated carbocycles. The fraction of sp³-hybridized carbons (Fsp3) is 0.385. The van der Waals surface area contributed by atoms with Crippen LogP contribution < -0.4 is 15.1 Å². The van der Waals surface area contributed by atoms with E-state index in [-0.39, 0.29) is 23.2 Å². The second-order valence-electron chi connectivity index (χ2n) is 9.05. The molecular formula is C26H28FN3O5. The number of carboxylic acid groups (broad SMARTS) is 1. The van der Waals surface area contributed by atoms with Gasteiger partial charge in [0.15, 0.2) is 5.75 Å². The molecule has 184 valence electrons. The van der Waals surface area contributed by atoms with Gasteiger partial charge in [0.1, 0.15) is 5.82 Å². The molecule has 3 aromatic rings. The van der Waals surface area contributed by atoms with Gasteiger partial charge in [-0.2, -0.15) is 0 Å². The minimum atomic E-state index is -1.57. The maximum absolute atomic E-state index is 15.5. The lowest BCUT2D eigenvalue weighted by Gasteiger charge is -2.42. The van der Waals surface area contributed by atoms with Crippen molar-refractivity contribution in [1.82, 2.24) is 9.47 Å². The van der Waals surface area contributed by atoms with Crippen LogP contribution in [0.3, 0.4) is 0 Å². The molecular weight excluding hydrogens is 453 g/mol. The normalized spacial score (nSPS) is 18.7. The van der Waals surface area contributed by atoms with Crippen molar-refractivity contribution >= 4 is 22.7 Å². The minimum Gasteiger partial charge on any atom is -0.449 e. The number of hydrogen-bond acceptors (Lipinski definition) is 6. The van der Waals surface area contributed by atoms with E-state index in [0.717, 1.165) is 31.5 Å². The predicted octanol–water partition coefficient (Wildman–Crippen LogP) is 4.04. The second kappa shape index (κ2) is 9.67. The van der Waals surface area contributed by atoms with Crippen LogP contribution in [0.4, 0.5) is 14.9 Å². The average molecular weight is 482 g/mol. The van der Waals surface area contributed by atoms with E-state index in [0.29, 0.717) is 30.9 Å². The fourth-order valence-electron chi connectivity index (χ4n) is 4.90. The molecule has 1 aliphatic heterocycles. The number of piperazine rings is 1. The lowest BCUT2D eigenvalue weighted by atomic mass is 10.0. The largest absolute Gasteiger partial charge is 0.511 e. The smallest absolute Gasteiger partial charge is 0.449 e. The van der Waals surface area contributed by atoms with Crippen molar-refractivity contribution in [3.63, 3.8) is 0 Å². The highest BCUT2D eigenvalue weighted by Gasteiger charge is 2.31. The summed E-state index contributed by atoms with van der Waals surface area (Å²) in [6, 6.07) is 13.3. The van der Waals surface area contributed by atoms with Crippen LogP contribution in [0, 0.1) is 5.82 Å². The number of anilines is 1. The first kappa shape index (κ1) is 23.3. The number of aromatic nitrogens is 1. The van der Waals surface area contributed by atoms with Crippen molar-refractivity contribution in [3.05, 3.63) is 70.3 Å². The van der Waals surface area contributed by atoms with Gasteiger partial charge < -0.3 is 24.0 Å². The van der Waals surface area contributed by atoms with E-state index < -0.39 is 17.4 Å². The van der Waals surface area contributed by atoms with Gasteiger partial charge in [0.25, 0.3) is 0 Å². The zero-order chi connectivity index (χ0) is 24.5. The van der Waals surface area contributed by atoms with E-state index in [2.05, 4.69) is 17.0 Å². The number of methoxy groups -OCH3 is 1. The van der Waals surface area contributed by atoms with Crippen LogP contribution in [-0.4, -0.2) is 60.6 Å². The van der Waals surface area contributed by atoms with Gasteiger partial charge in [-0.15, -0.1) is 0 Å². The predicted molar refractivity (Wildman–Crippen MR) is 130 cm³/mol. The summed E-state index contributed by atoms with van der Waals surface area (Å²) in [5, 5.41) is 9.13. The molecule has 2 heterocycles. The van der Waals surface area contributed by atoms with Gasteiger partial charge in [0.05, 0.1) is 35.4 Å². The number of nitrogens with zero attached hydrogens (tertiary/aromatic N) is 3. The second-order valence-corrected chi connectivity index (χ2v) is 9.05. The van der Waals surface area contributed by atoms with Crippen molar-refractivity contribution in [1.29, 1.82) is 0 Å². The van der Waals surface area contributed by atoms with E-state index in [1.54, 1.807) is 13.2 Å². The number of halogens is 1. The van der Waals surface area contributed by atoms with Gasteiger partial charge in [0.2, 0.25) is 5.43 Å². The molecule has 2 aromatic carbocycles. The summed E-state index contributed by atoms with van der Waals surface area (Å²) in [5.41, 5.74) is 1.55. The van der Waals surface area contributed by atoms with Gasteiger partial charge >= 0.3 is 6.16 Å². The first-order chi connectivity index (χ1) is 17.0. The first-order valence-electron chi connectivity index (χ1n) is 11.8. The van der Waals surface area contributed by atoms with Gasteiger partial charge in [-0.3, -0.25) is 9.69 Å². The summed E-state index contributed by atoms with van der Waals surface area (Å²) in [5.74, 6) is -0.818. The van der Waals surface area contributed by atoms with Crippen LogP contribution in [0.2, 0.25) is 0 Å².